The number of carbonyl (C=O) groups excluding carboxylic acids is 4. The van der Waals surface area contributed by atoms with E-state index >= 15 is 8.78 Å². The second-order valence-corrected chi connectivity index (χ2v) is 39.4. The van der Waals surface area contributed by atoms with Gasteiger partial charge >= 0.3 is 11.9 Å². The molecule has 0 spiro atoms. The smallest absolute Gasteiger partial charge is 0.312 e. The number of carbonyl (C=O) groups is 4. The van der Waals surface area contributed by atoms with Gasteiger partial charge in [-0.15, -0.1) is 0 Å². The van der Waals surface area contributed by atoms with Crippen LogP contribution in [0.4, 0.5) is 18.9 Å². The van der Waals surface area contributed by atoms with Crippen LogP contribution in [0.15, 0.2) is 119 Å². The van der Waals surface area contributed by atoms with E-state index in [1.165, 1.54) is 36.7 Å². The van der Waals surface area contributed by atoms with E-state index < -0.39 is 116 Å². The van der Waals surface area contributed by atoms with Gasteiger partial charge in [0.1, 0.15) is 78.7 Å². The molecule has 5 aromatic rings. The average molecular weight is 1470 g/mol. The average Bonchev–Trinajstić information content (AvgIpc) is 1.44. The maximum Gasteiger partial charge on any atom is 0.312 e. The van der Waals surface area contributed by atoms with E-state index in [1.54, 1.807) is 158 Å². The Balaban J connectivity index is 0.000000180. The second-order valence-electron chi connectivity index (χ2n) is 30.4. The lowest BCUT2D eigenvalue weighted by atomic mass is 9.84. The summed E-state index contributed by atoms with van der Waals surface area (Å²) in [6, 6.07) is 19.9. The number of hydrogen-bond donors (Lipinski definition) is 2. The molecule has 9 atom stereocenters. The number of rotatable bonds is 17. The summed E-state index contributed by atoms with van der Waals surface area (Å²) in [5, 5.41) is -1.50. The first-order valence-electron chi connectivity index (χ1n) is 34.3. The molecular weight excluding hydrogens is 1370 g/mol. The lowest BCUT2D eigenvalue weighted by Crippen LogP contribution is -2.58. The number of ketones is 2. The fourth-order valence-electron chi connectivity index (χ4n) is 14.4. The SMILES string of the molecule is CC(C)(C)OC(=O)CC1=N[C@](C)(c2cc(N)ccc2F)[C@@H]2CCN=[S@]2(=O)C1(C)C.CCOc1ccc(C(=O)Cc2ccc(F)c([C@@]3(C)N=C(CC(=O)OC(C)(C)C)C(C)(C)[S@@]4(=O)=NCC[C@@H]34)c2)nc1.CCOc1ccc(C(=O)Cc2ccc(F)c([C@@]3(C)N=C(N)C(C)(C)[S@@]4(=O)=NCC[C@@H]34)c2)nc1. The lowest BCUT2D eigenvalue weighted by Gasteiger charge is -2.46. The number of benzene rings is 3. The molecular formula is C75H97F3N10O11S3. The molecule has 6 aliphatic heterocycles. The Hall–Kier alpha value is -7.91. The van der Waals surface area contributed by atoms with E-state index in [2.05, 4.69) is 23.1 Å². The van der Waals surface area contributed by atoms with Gasteiger partial charge < -0.3 is 30.4 Å². The van der Waals surface area contributed by atoms with Crippen molar-refractivity contribution >= 4 is 75.6 Å². The number of halogens is 3. The monoisotopic (exact) mass is 1470 g/mol. The van der Waals surface area contributed by atoms with E-state index in [9.17, 15) is 36.2 Å². The molecule has 21 nitrogen and oxygen atoms in total. The van der Waals surface area contributed by atoms with Gasteiger partial charge in [0, 0.05) is 66.3 Å². The molecule has 552 valence electrons. The molecule has 6 aliphatic rings. The van der Waals surface area contributed by atoms with Gasteiger partial charge in [0.05, 0.1) is 92.9 Å². The van der Waals surface area contributed by atoms with Crippen LogP contribution < -0.4 is 20.9 Å². The highest BCUT2D eigenvalue weighted by atomic mass is 32.2. The summed E-state index contributed by atoms with van der Waals surface area (Å²) < 4.78 is 121. The van der Waals surface area contributed by atoms with Gasteiger partial charge in [0.2, 0.25) is 0 Å². The van der Waals surface area contributed by atoms with E-state index in [1.807, 2.05) is 13.8 Å². The number of anilines is 1. The Labute approximate surface area is 598 Å². The number of aromatic nitrogens is 2. The molecule has 11 rings (SSSR count). The Morgan fingerprint density at radius 2 is 0.824 bits per heavy atom. The van der Waals surface area contributed by atoms with Crippen LogP contribution in [0.3, 0.4) is 0 Å². The standard InChI is InChI=1S/C30H38FN3O5S.C24H29FN4O3S.C21H30FN3O3S/c1-8-38-20-10-12-23(32-18-20)24(35)16-19-9-11-22(31)21(15-19)30(7)26-13-14-33-40(26,37)29(5,6)25(34-30)17-27(36)39-28(2,3)4;1-5-32-16-7-9-19(27-14-16)20(30)13-15-6-8-18(25)17(12-15)24(4)21-10-11-28-33(21,31)23(2,3)22(26)29-24;1-19(2,3)28-18(26)12-16-20(4,5)29(27)17(9-10-24-29)21(6,25-16)14-11-13(23)7-8-15(14)22/h9-12,15,18,26H,8,13-14,16-17H2,1-7H3;6-9,12,14,21H,5,10-11,13H2,1-4H3,(H2,26,29);7-8,11,17H,9-10,12,23H2,1-6H3/t26-,30+,40+;21-,24+,33+;17-,21+,29+/m000/s1. The van der Waals surface area contributed by atoms with Gasteiger partial charge in [-0.05, 0) is 215 Å². The molecule has 102 heavy (non-hydrogen) atoms. The van der Waals surface area contributed by atoms with Crippen molar-refractivity contribution < 1.29 is 63.9 Å². The molecule has 2 aromatic heterocycles. The zero-order valence-electron chi connectivity index (χ0n) is 61.5. The van der Waals surface area contributed by atoms with Gasteiger partial charge in [-0.25, -0.2) is 48.9 Å². The number of nitrogens with zero attached hydrogens (tertiary/aromatic N) is 8. The van der Waals surface area contributed by atoms with Crippen molar-refractivity contribution in [1.29, 1.82) is 0 Å². The van der Waals surface area contributed by atoms with Gasteiger partial charge in [-0.3, -0.25) is 34.2 Å². The quantitative estimate of drug-likeness (QED) is 0.0496. The summed E-state index contributed by atoms with van der Waals surface area (Å²) >= 11 is 0. The summed E-state index contributed by atoms with van der Waals surface area (Å²) in [5.41, 5.74) is 11.0. The van der Waals surface area contributed by atoms with Crippen LogP contribution in [-0.2, 0) is 77.7 Å². The van der Waals surface area contributed by atoms with Crippen LogP contribution in [0.1, 0.15) is 199 Å². The molecule has 0 unspecified atom stereocenters. The molecule has 0 fully saturated rings. The molecule has 0 bridgehead atoms. The molecule has 0 radical (unpaired) electrons. The number of amidine groups is 1. The second kappa shape index (κ2) is 28.6. The summed E-state index contributed by atoms with van der Waals surface area (Å²) in [4.78, 5) is 74.1. The first kappa shape index (κ1) is 78.2. The number of nitrogen functional groups attached to an aromatic ring is 1. The molecule has 3 aromatic carbocycles. The first-order valence-corrected chi connectivity index (χ1v) is 39.1. The van der Waals surface area contributed by atoms with Crippen LogP contribution >= 0.6 is 0 Å². The number of esters is 2. The van der Waals surface area contributed by atoms with Gasteiger partial charge in [0.25, 0.3) is 0 Å². The number of Topliss-reactive ketones (excluding diaryl/α,β-unsaturated/α-hetero) is 2. The topological polar surface area (TPSA) is 308 Å². The van der Waals surface area contributed by atoms with E-state index in [4.69, 9.17) is 45.4 Å². The Morgan fingerprint density at radius 3 is 1.17 bits per heavy atom. The van der Waals surface area contributed by atoms with Crippen molar-refractivity contribution in [1.82, 2.24) is 9.97 Å². The van der Waals surface area contributed by atoms with E-state index in [0.717, 1.165) is 0 Å². The minimum Gasteiger partial charge on any atom is -0.492 e. The normalized spacial score (nSPS) is 27.8. The van der Waals surface area contributed by atoms with Gasteiger partial charge in [0.15, 0.2) is 11.6 Å². The number of pyridine rings is 2. The van der Waals surface area contributed by atoms with Crippen LogP contribution in [0.5, 0.6) is 11.5 Å². The molecule has 4 N–H and O–H groups in total. The lowest BCUT2D eigenvalue weighted by molar-refractivity contribution is -0.154. The van der Waals surface area contributed by atoms with Crippen LogP contribution in [0.2, 0.25) is 0 Å². The predicted molar refractivity (Wildman–Crippen MR) is 394 cm³/mol. The first-order chi connectivity index (χ1) is 47.3. The van der Waals surface area contributed by atoms with Crippen LogP contribution in [0.25, 0.3) is 0 Å². The van der Waals surface area contributed by atoms with Gasteiger partial charge in [-0.2, -0.15) is 0 Å². The maximum atomic E-state index is 15.6. The number of aliphatic imine (C=N–C) groups is 3. The van der Waals surface area contributed by atoms with Crippen molar-refractivity contribution in [2.75, 3.05) is 38.6 Å². The number of nitrogens with two attached hydrogens (primary N) is 2. The summed E-state index contributed by atoms with van der Waals surface area (Å²) in [6.07, 6.45) is 4.29. The Kier molecular flexibility index (Phi) is 21.9. The zero-order valence-corrected chi connectivity index (χ0v) is 63.9. The molecule has 8 heterocycles. The maximum absolute atomic E-state index is 15.6. The highest BCUT2D eigenvalue weighted by Gasteiger charge is 2.60. The van der Waals surface area contributed by atoms with Crippen LogP contribution in [-0.4, -0.2) is 137 Å². The molecule has 0 aliphatic carbocycles. The Bertz CT molecular complexity index is 4630. The predicted octanol–water partition coefficient (Wildman–Crippen LogP) is 12.9. The number of fused-ring (bicyclic) bond motifs is 3. The minimum absolute atomic E-state index is 0.00523. The van der Waals surface area contributed by atoms with Crippen LogP contribution in [0, 0.1) is 17.5 Å². The number of hydrogen-bond acceptors (Lipinski definition) is 21. The third-order valence-electron chi connectivity index (χ3n) is 19.9. The summed E-state index contributed by atoms with van der Waals surface area (Å²) in [7, 11) is -8.53. The van der Waals surface area contributed by atoms with E-state index in [-0.39, 0.29) is 65.5 Å². The van der Waals surface area contributed by atoms with E-state index in [0.29, 0.717) is 97.5 Å². The van der Waals surface area contributed by atoms with Gasteiger partial charge in [-0.1, -0.05) is 12.1 Å². The van der Waals surface area contributed by atoms with Crippen molar-refractivity contribution in [2.45, 2.75) is 220 Å². The third kappa shape index (κ3) is 14.9. The summed E-state index contributed by atoms with van der Waals surface area (Å²) in [5.74, 6) is -1.48. The minimum atomic E-state index is -2.94. The largest absolute Gasteiger partial charge is 0.492 e. The third-order valence-corrected chi connectivity index (χ3v) is 31.1. The molecule has 0 saturated carbocycles. The molecule has 0 amide bonds. The summed E-state index contributed by atoms with van der Waals surface area (Å²) in [6.45, 7) is 32.6. The van der Waals surface area contributed by atoms with Crippen molar-refractivity contribution in [2.24, 2.45) is 33.8 Å². The fourth-order valence-corrected chi connectivity index (χ4v) is 24.1. The van der Waals surface area contributed by atoms with Crippen molar-refractivity contribution in [3.63, 3.8) is 0 Å². The highest BCUT2D eigenvalue weighted by molar-refractivity contribution is 7.97. The Morgan fingerprint density at radius 1 is 0.480 bits per heavy atom. The van der Waals surface area contributed by atoms with Crippen molar-refractivity contribution in [3.05, 3.63) is 148 Å². The highest BCUT2D eigenvalue weighted by Crippen LogP contribution is 2.52. The number of ether oxygens (including phenoxy) is 4. The van der Waals surface area contributed by atoms with Crippen molar-refractivity contribution in [3.8, 4) is 11.5 Å². The molecule has 0 saturated heterocycles. The fraction of sp³-hybridized carbons (Fsp3) is 0.533. The molecule has 27 heteroatoms. The zero-order chi connectivity index (χ0) is 75.4.